The van der Waals surface area contributed by atoms with E-state index in [1.165, 1.54) is 0 Å². The van der Waals surface area contributed by atoms with Gasteiger partial charge in [0.15, 0.2) is 0 Å². The molecule has 1 aromatic carbocycles. The van der Waals surface area contributed by atoms with Crippen molar-refractivity contribution in [1.82, 2.24) is 9.62 Å². The molecule has 0 atom stereocenters. The quantitative estimate of drug-likeness (QED) is 0.842. The van der Waals surface area contributed by atoms with Gasteiger partial charge in [-0.25, -0.2) is 0 Å². The summed E-state index contributed by atoms with van der Waals surface area (Å²) in [7, 11) is -1.51. The molecular formula is C15H25N3O2S. The van der Waals surface area contributed by atoms with E-state index in [4.69, 9.17) is 0 Å². The molecule has 0 saturated carbocycles. The number of hydrogen-bond donors (Lipinski definition) is 2. The van der Waals surface area contributed by atoms with Gasteiger partial charge in [-0.15, -0.1) is 0 Å². The lowest BCUT2D eigenvalue weighted by Crippen LogP contribution is -2.43. The van der Waals surface area contributed by atoms with E-state index >= 15 is 0 Å². The highest BCUT2D eigenvalue weighted by Gasteiger charge is 2.27. The SMILES string of the molecule is CCc1ccccc1NS(=O)(=O)N1CCC(CNC)CC1. The Morgan fingerprint density at radius 2 is 1.90 bits per heavy atom. The van der Waals surface area contributed by atoms with Gasteiger partial charge in [0.1, 0.15) is 0 Å². The van der Waals surface area contributed by atoms with Gasteiger partial charge in [0, 0.05) is 13.1 Å². The summed E-state index contributed by atoms with van der Waals surface area (Å²) in [6, 6.07) is 7.57. The second kappa shape index (κ2) is 7.24. The number of nitrogens with zero attached hydrogens (tertiary/aromatic N) is 1. The van der Waals surface area contributed by atoms with Gasteiger partial charge in [-0.1, -0.05) is 25.1 Å². The molecule has 0 unspecified atom stereocenters. The topological polar surface area (TPSA) is 61.4 Å². The van der Waals surface area contributed by atoms with Crippen LogP contribution in [0, 0.1) is 5.92 Å². The number of aryl methyl sites for hydroxylation is 1. The average Bonchev–Trinajstić information content (AvgIpc) is 2.48. The van der Waals surface area contributed by atoms with Crippen molar-refractivity contribution < 1.29 is 8.42 Å². The zero-order chi connectivity index (χ0) is 15.3. The smallest absolute Gasteiger partial charge is 0.301 e. The molecule has 5 nitrogen and oxygen atoms in total. The fourth-order valence-corrected chi connectivity index (χ4v) is 4.07. The van der Waals surface area contributed by atoms with E-state index in [0.717, 1.165) is 31.4 Å². The molecule has 0 amide bonds. The summed E-state index contributed by atoms with van der Waals surface area (Å²) in [4.78, 5) is 0. The molecule has 0 bridgehead atoms. The van der Waals surface area contributed by atoms with Gasteiger partial charge >= 0.3 is 10.2 Å². The van der Waals surface area contributed by atoms with E-state index in [-0.39, 0.29) is 0 Å². The summed E-state index contributed by atoms with van der Waals surface area (Å²) in [5.74, 6) is 0.573. The lowest BCUT2D eigenvalue weighted by Gasteiger charge is -2.31. The van der Waals surface area contributed by atoms with Gasteiger partial charge in [-0.2, -0.15) is 12.7 Å². The summed E-state index contributed by atoms with van der Waals surface area (Å²) in [6.07, 6.45) is 2.64. The normalized spacial score (nSPS) is 17.8. The second-order valence-electron chi connectivity index (χ2n) is 5.52. The van der Waals surface area contributed by atoms with Crippen LogP contribution in [0.5, 0.6) is 0 Å². The minimum absolute atomic E-state index is 0.573. The zero-order valence-corrected chi connectivity index (χ0v) is 13.6. The van der Waals surface area contributed by atoms with Crippen molar-refractivity contribution in [2.75, 3.05) is 31.4 Å². The van der Waals surface area contributed by atoms with E-state index in [2.05, 4.69) is 10.0 Å². The summed E-state index contributed by atoms with van der Waals surface area (Å²) < 4.78 is 29.3. The van der Waals surface area contributed by atoms with Crippen molar-refractivity contribution in [3.05, 3.63) is 29.8 Å². The highest BCUT2D eigenvalue weighted by Crippen LogP contribution is 2.22. The first-order valence-corrected chi connectivity index (χ1v) is 9.01. The predicted octanol–water partition coefficient (Wildman–Crippen LogP) is 1.84. The Balaban J connectivity index is 2.02. The van der Waals surface area contributed by atoms with Gasteiger partial charge in [-0.05, 0) is 50.4 Å². The maximum atomic E-state index is 12.5. The van der Waals surface area contributed by atoms with Crippen molar-refractivity contribution in [3.63, 3.8) is 0 Å². The van der Waals surface area contributed by atoms with Gasteiger partial charge in [-0.3, -0.25) is 4.72 Å². The van der Waals surface area contributed by atoms with Crippen molar-refractivity contribution in [1.29, 1.82) is 0 Å². The van der Waals surface area contributed by atoms with Crippen LogP contribution in [0.25, 0.3) is 0 Å². The lowest BCUT2D eigenvalue weighted by molar-refractivity contribution is 0.272. The third kappa shape index (κ3) is 4.18. The zero-order valence-electron chi connectivity index (χ0n) is 12.8. The van der Waals surface area contributed by atoms with E-state index < -0.39 is 10.2 Å². The van der Waals surface area contributed by atoms with Crippen LogP contribution in [0.4, 0.5) is 5.69 Å². The summed E-state index contributed by atoms with van der Waals surface area (Å²) in [5.41, 5.74) is 1.71. The second-order valence-corrected chi connectivity index (χ2v) is 7.19. The Labute approximate surface area is 127 Å². The largest absolute Gasteiger partial charge is 0.319 e. The maximum Gasteiger partial charge on any atom is 0.301 e. The minimum Gasteiger partial charge on any atom is -0.319 e. The van der Waals surface area contributed by atoms with Crippen LogP contribution < -0.4 is 10.0 Å². The van der Waals surface area contributed by atoms with Crippen LogP contribution >= 0.6 is 0 Å². The van der Waals surface area contributed by atoms with Gasteiger partial charge < -0.3 is 5.32 Å². The van der Waals surface area contributed by atoms with Crippen molar-refractivity contribution in [2.45, 2.75) is 26.2 Å². The summed E-state index contributed by atoms with van der Waals surface area (Å²) in [5, 5.41) is 3.16. The highest BCUT2D eigenvalue weighted by molar-refractivity contribution is 7.90. The molecule has 6 heteroatoms. The van der Waals surface area contributed by atoms with Crippen molar-refractivity contribution in [2.24, 2.45) is 5.92 Å². The highest BCUT2D eigenvalue weighted by atomic mass is 32.2. The molecular weight excluding hydrogens is 286 g/mol. The molecule has 0 spiro atoms. The van der Waals surface area contributed by atoms with Crippen LogP contribution in [0.2, 0.25) is 0 Å². The van der Waals surface area contributed by atoms with E-state index in [1.807, 2.05) is 38.2 Å². The van der Waals surface area contributed by atoms with Crippen LogP contribution in [-0.4, -0.2) is 39.4 Å². The van der Waals surface area contributed by atoms with Crippen LogP contribution in [0.3, 0.4) is 0 Å². The molecule has 1 aliphatic heterocycles. The van der Waals surface area contributed by atoms with E-state index in [9.17, 15) is 8.42 Å². The Hall–Kier alpha value is -1.11. The first kappa shape index (κ1) is 16.3. The van der Waals surface area contributed by atoms with Crippen molar-refractivity contribution >= 4 is 15.9 Å². The number of anilines is 1. The molecule has 118 valence electrons. The monoisotopic (exact) mass is 311 g/mol. The molecule has 2 rings (SSSR count). The summed E-state index contributed by atoms with van der Waals surface area (Å²) >= 11 is 0. The number of rotatable bonds is 6. The Kier molecular flexibility index (Phi) is 5.61. The minimum atomic E-state index is -3.44. The molecule has 1 fully saturated rings. The van der Waals surface area contributed by atoms with E-state index in [1.54, 1.807) is 4.31 Å². The van der Waals surface area contributed by atoms with Crippen LogP contribution in [-0.2, 0) is 16.6 Å². The molecule has 2 N–H and O–H groups in total. The number of hydrogen-bond acceptors (Lipinski definition) is 3. The standard InChI is InChI=1S/C15H25N3O2S/c1-3-14-6-4-5-7-15(14)17-21(19,20)18-10-8-13(9-11-18)12-16-2/h4-7,13,16-17H,3,8-12H2,1-2H3. The van der Waals surface area contributed by atoms with E-state index in [0.29, 0.717) is 24.7 Å². The molecule has 1 heterocycles. The predicted molar refractivity (Wildman–Crippen MR) is 86.6 cm³/mol. The molecule has 0 radical (unpaired) electrons. The van der Waals surface area contributed by atoms with Crippen LogP contribution in [0.1, 0.15) is 25.3 Å². The molecule has 0 aromatic heterocycles. The number of para-hydroxylation sites is 1. The number of piperidine rings is 1. The Morgan fingerprint density at radius 3 is 2.52 bits per heavy atom. The van der Waals surface area contributed by atoms with Crippen LogP contribution in [0.15, 0.2) is 24.3 Å². The molecule has 1 saturated heterocycles. The molecule has 1 aliphatic rings. The Bertz CT molecular complexity index is 552. The third-order valence-electron chi connectivity index (χ3n) is 4.04. The van der Waals surface area contributed by atoms with Gasteiger partial charge in [0.05, 0.1) is 5.69 Å². The average molecular weight is 311 g/mol. The maximum absolute atomic E-state index is 12.5. The summed E-state index contributed by atoms with van der Waals surface area (Å²) in [6.45, 7) is 4.17. The molecule has 21 heavy (non-hydrogen) atoms. The van der Waals surface area contributed by atoms with Crippen molar-refractivity contribution in [3.8, 4) is 0 Å². The molecule has 0 aliphatic carbocycles. The number of nitrogens with one attached hydrogen (secondary N) is 2. The van der Waals surface area contributed by atoms with Gasteiger partial charge in [0.2, 0.25) is 0 Å². The Morgan fingerprint density at radius 1 is 1.24 bits per heavy atom. The lowest BCUT2D eigenvalue weighted by atomic mass is 9.98. The fourth-order valence-electron chi connectivity index (χ4n) is 2.77. The fraction of sp³-hybridized carbons (Fsp3) is 0.600. The first-order chi connectivity index (χ1) is 10.1. The molecule has 1 aromatic rings. The van der Waals surface area contributed by atoms with Gasteiger partial charge in [0.25, 0.3) is 0 Å². The third-order valence-corrected chi connectivity index (χ3v) is 5.57. The number of benzene rings is 1. The first-order valence-electron chi connectivity index (χ1n) is 7.57.